The number of aryl methyl sites for hydroxylation is 1. The number of benzene rings is 1. The lowest BCUT2D eigenvalue weighted by atomic mass is 10.1. The van der Waals surface area contributed by atoms with Crippen molar-refractivity contribution in [3.05, 3.63) is 60.0 Å². The van der Waals surface area contributed by atoms with Crippen molar-refractivity contribution < 1.29 is 17.4 Å². The Morgan fingerprint density at radius 2 is 1.79 bits per heavy atom. The Morgan fingerprint density at radius 1 is 1.03 bits per heavy atom. The SMILES string of the molecule is CCCc1ccc(S(=O)(=O)N2CCN(Cc3cc(-c4ccco4)on3)CC2)cc1. The van der Waals surface area contributed by atoms with Crippen molar-refractivity contribution in [1.29, 1.82) is 0 Å². The normalized spacial score (nSPS) is 16.3. The first kappa shape index (κ1) is 19.9. The van der Waals surface area contributed by atoms with Gasteiger partial charge in [-0.3, -0.25) is 4.90 Å². The van der Waals surface area contributed by atoms with Gasteiger partial charge >= 0.3 is 0 Å². The number of hydrogen-bond donors (Lipinski definition) is 0. The molecule has 0 N–H and O–H groups in total. The molecule has 0 atom stereocenters. The van der Waals surface area contributed by atoms with Crippen molar-refractivity contribution >= 4 is 10.0 Å². The van der Waals surface area contributed by atoms with E-state index in [0.717, 1.165) is 24.1 Å². The topological polar surface area (TPSA) is 79.8 Å². The van der Waals surface area contributed by atoms with E-state index in [2.05, 4.69) is 17.0 Å². The van der Waals surface area contributed by atoms with Gasteiger partial charge in [0.1, 0.15) is 0 Å². The maximum Gasteiger partial charge on any atom is 0.243 e. The van der Waals surface area contributed by atoms with Gasteiger partial charge in [0.05, 0.1) is 16.9 Å². The number of sulfonamides is 1. The molecule has 0 radical (unpaired) electrons. The Kier molecular flexibility index (Phi) is 5.84. The second kappa shape index (κ2) is 8.52. The summed E-state index contributed by atoms with van der Waals surface area (Å²) in [4.78, 5) is 2.55. The quantitative estimate of drug-likeness (QED) is 0.588. The van der Waals surface area contributed by atoms with Gasteiger partial charge in [-0.1, -0.05) is 30.6 Å². The highest BCUT2D eigenvalue weighted by atomic mass is 32.2. The molecule has 0 spiro atoms. The van der Waals surface area contributed by atoms with E-state index < -0.39 is 10.0 Å². The van der Waals surface area contributed by atoms with Gasteiger partial charge in [-0.2, -0.15) is 4.31 Å². The number of furan rings is 1. The molecule has 1 aliphatic rings. The zero-order valence-corrected chi connectivity index (χ0v) is 17.3. The van der Waals surface area contributed by atoms with Crippen LogP contribution in [0.4, 0.5) is 0 Å². The van der Waals surface area contributed by atoms with Crippen LogP contribution in [0.3, 0.4) is 0 Å². The van der Waals surface area contributed by atoms with Gasteiger partial charge in [-0.25, -0.2) is 8.42 Å². The highest BCUT2D eigenvalue weighted by molar-refractivity contribution is 7.89. The first-order valence-electron chi connectivity index (χ1n) is 9.87. The second-order valence-corrected chi connectivity index (χ2v) is 9.17. The summed E-state index contributed by atoms with van der Waals surface area (Å²) in [5, 5.41) is 4.10. The van der Waals surface area contributed by atoms with Crippen LogP contribution in [0.15, 0.2) is 62.6 Å². The smallest absolute Gasteiger partial charge is 0.243 e. The minimum Gasteiger partial charge on any atom is -0.461 e. The molecular formula is C21H25N3O4S. The maximum atomic E-state index is 12.9. The highest BCUT2D eigenvalue weighted by Gasteiger charge is 2.28. The lowest BCUT2D eigenvalue weighted by Gasteiger charge is -2.33. The van der Waals surface area contributed by atoms with E-state index in [4.69, 9.17) is 8.94 Å². The molecule has 1 aromatic carbocycles. The van der Waals surface area contributed by atoms with Crippen molar-refractivity contribution in [2.45, 2.75) is 31.2 Å². The fourth-order valence-electron chi connectivity index (χ4n) is 3.54. The third-order valence-corrected chi connectivity index (χ3v) is 7.05. The van der Waals surface area contributed by atoms with Crippen molar-refractivity contribution in [3.8, 4) is 11.5 Å². The molecule has 0 bridgehead atoms. The zero-order valence-electron chi connectivity index (χ0n) is 16.5. The first-order chi connectivity index (χ1) is 14.1. The van der Waals surface area contributed by atoms with Gasteiger partial charge in [-0.15, -0.1) is 0 Å². The summed E-state index contributed by atoms with van der Waals surface area (Å²) < 4.78 is 38.1. The van der Waals surface area contributed by atoms with Crippen LogP contribution >= 0.6 is 0 Å². The van der Waals surface area contributed by atoms with Crippen molar-refractivity contribution in [2.24, 2.45) is 0 Å². The first-order valence-corrected chi connectivity index (χ1v) is 11.3. The van der Waals surface area contributed by atoms with Gasteiger partial charge in [-0.05, 0) is 36.2 Å². The third-order valence-electron chi connectivity index (χ3n) is 5.14. The largest absolute Gasteiger partial charge is 0.461 e. The summed E-state index contributed by atoms with van der Waals surface area (Å²) in [6.07, 6.45) is 3.60. The molecule has 154 valence electrons. The average molecular weight is 416 g/mol. The number of hydrogen-bond acceptors (Lipinski definition) is 6. The standard InChI is InChI=1S/C21H25N3O4S/c1-2-4-17-6-8-19(9-7-17)29(25,26)24-12-10-23(11-13-24)16-18-15-21(28-22-18)20-5-3-14-27-20/h3,5-9,14-15H,2,4,10-13,16H2,1H3. The Hall–Kier alpha value is -2.42. The molecule has 1 saturated heterocycles. The predicted molar refractivity (Wildman–Crippen MR) is 109 cm³/mol. The van der Waals surface area contributed by atoms with E-state index in [9.17, 15) is 8.42 Å². The molecule has 3 heterocycles. The van der Waals surface area contributed by atoms with Crippen LogP contribution in [0, 0.1) is 0 Å². The van der Waals surface area contributed by atoms with E-state index in [1.165, 1.54) is 0 Å². The molecule has 0 saturated carbocycles. The summed E-state index contributed by atoms with van der Waals surface area (Å²) in [6.45, 7) is 4.95. The molecule has 4 rings (SSSR count). The van der Waals surface area contributed by atoms with Crippen LogP contribution in [0.25, 0.3) is 11.5 Å². The van der Waals surface area contributed by atoms with Crippen molar-refractivity contribution in [1.82, 2.24) is 14.4 Å². The monoisotopic (exact) mass is 415 g/mol. The molecule has 0 unspecified atom stereocenters. The van der Waals surface area contributed by atoms with Gasteiger partial charge in [0.15, 0.2) is 5.76 Å². The minimum absolute atomic E-state index is 0.366. The molecule has 1 fully saturated rings. The van der Waals surface area contributed by atoms with Crippen LogP contribution in [0.5, 0.6) is 0 Å². The van der Waals surface area contributed by atoms with E-state index in [1.807, 2.05) is 24.3 Å². The molecular weight excluding hydrogens is 390 g/mol. The molecule has 0 amide bonds. The van der Waals surface area contributed by atoms with Gasteiger partial charge in [0, 0.05) is 38.8 Å². The van der Waals surface area contributed by atoms with Crippen LogP contribution in [0.1, 0.15) is 24.6 Å². The van der Waals surface area contributed by atoms with E-state index in [1.54, 1.807) is 28.8 Å². The summed E-state index contributed by atoms with van der Waals surface area (Å²) >= 11 is 0. The second-order valence-electron chi connectivity index (χ2n) is 7.23. The Bertz CT molecular complexity index is 1020. The molecule has 8 heteroatoms. The number of aromatic nitrogens is 1. The minimum atomic E-state index is -3.46. The summed E-state index contributed by atoms with van der Waals surface area (Å²) in [7, 11) is -3.46. The fourth-order valence-corrected chi connectivity index (χ4v) is 4.97. The Labute approximate surface area is 170 Å². The fraction of sp³-hybridized carbons (Fsp3) is 0.381. The van der Waals surface area contributed by atoms with Crippen LogP contribution in [-0.4, -0.2) is 49.0 Å². The molecule has 3 aromatic rings. The summed E-state index contributed by atoms with van der Waals surface area (Å²) in [5.74, 6) is 1.24. The Balaban J connectivity index is 1.35. The van der Waals surface area contributed by atoms with E-state index in [-0.39, 0.29) is 0 Å². The van der Waals surface area contributed by atoms with Gasteiger partial charge < -0.3 is 8.94 Å². The number of rotatable bonds is 7. The van der Waals surface area contributed by atoms with E-state index in [0.29, 0.717) is 49.1 Å². The Morgan fingerprint density at radius 3 is 2.45 bits per heavy atom. The number of piperazine rings is 1. The van der Waals surface area contributed by atoms with Gasteiger partial charge in [0.2, 0.25) is 15.8 Å². The van der Waals surface area contributed by atoms with Crippen LogP contribution < -0.4 is 0 Å². The highest BCUT2D eigenvalue weighted by Crippen LogP contribution is 2.22. The summed E-state index contributed by atoms with van der Waals surface area (Å²) in [6, 6.07) is 12.7. The van der Waals surface area contributed by atoms with E-state index >= 15 is 0 Å². The molecule has 7 nitrogen and oxygen atoms in total. The third kappa shape index (κ3) is 4.44. The molecule has 29 heavy (non-hydrogen) atoms. The van der Waals surface area contributed by atoms with Crippen LogP contribution in [-0.2, 0) is 23.0 Å². The lowest BCUT2D eigenvalue weighted by Crippen LogP contribution is -2.48. The van der Waals surface area contributed by atoms with Gasteiger partial charge in [0.25, 0.3) is 0 Å². The average Bonchev–Trinajstić information content (AvgIpc) is 3.41. The maximum absolute atomic E-state index is 12.9. The van der Waals surface area contributed by atoms with Crippen LogP contribution in [0.2, 0.25) is 0 Å². The molecule has 0 aliphatic carbocycles. The lowest BCUT2D eigenvalue weighted by molar-refractivity contribution is 0.178. The van der Waals surface area contributed by atoms with Crippen molar-refractivity contribution in [2.75, 3.05) is 26.2 Å². The number of nitrogens with zero attached hydrogens (tertiary/aromatic N) is 3. The zero-order chi connectivity index (χ0) is 20.3. The molecule has 2 aromatic heterocycles. The summed E-state index contributed by atoms with van der Waals surface area (Å²) in [5.41, 5.74) is 1.97. The predicted octanol–water partition coefficient (Wildman–Crippen LogP) is 3.39. The van der Waals surface area contributed by atoms with Crippen molar-refractivity contribution in [3.63, 3.8) is 0 Å². The molecule has 1 aliphatic heterocycles.